The summed E-state index contributed by atoms with van der Waals surface area (Å²) in [4.78, 5) is 74.5. The number of ether oxygens (including phenoxy) is 6. The van der Waals surface area contributed by atoms with E-state index in [0.29, 0.717) is 0 Å². The first-order valence-electron chi connectivity index (χ1n) is 11.4. The van der Waals surface area contributed by atoms with Gasteiger partial charge in [-0.2, -0.15) is 0 Å². The van der Waals surface area contributed by atoms with Crippen molar-refractivity contribution in [2.75, 3.05) is 11.5 Å². The molecule has 5 atom stereocenters. The van der Waals surface area contributed by atoms with E-state index in [-0.39, 0.29) is 11.6 Å². The lowest BCUT2D eigenvalue weighted by Crippen LogP contribution is -2.64. The fraction of sp³-hybridized carbons (Fsp3) is 0.500. The summed E-state index contributed by atoms with van der Waals surface area (Å²) in [5.41, 5.74) is 0.876. The summed E-state index contributed by atoms with van der Waals surface area (Å²) in [5, 5.41) is 0. The Bertz CT molecular complexity index is 1120. The Morgan fingerprint density at radius 2 is 1.63 bits per heavy atom. The quantitative estimate of drug-likeness (QED) is 0.260. The highest BCUT2D eigenvalue weighted by Crippen LogP contribution is 2.42. The number of alkyl halides is 1. The van der Waals surface area contributed by atoms with Crippen molar-refractivity contribution in [3.05, 3.63) is 29.8 Å². The zero-order chi connectivity index (χ0) is 28.2. The molecule has 206 valence electrons. The van der Waals surface area contributed by atoms with Crippen LogP contribution in [0.2, 0.25) is 0 Å². The predicted molar refractivity (Wildman–Crippen MR) is 125 cm³/mol. The minimum atomic E-state index is -2.36. The molecule has 2 saturated heterocycles. The van der Waals surface area contributed by atoms with Gasteiger partial charge in [0.15, 0.2) is 12.2 Å². The molecule has 14 heteroatoms. The van der Waals surface area contributed by atoms with Crippen LogP contribution in [0, 0.1) is 0 Å². The highest BCUT2D eigenvalue weighted by atomic mass is 35.5. The molecule has 13 nitrogen and oxygen atoms in total. The summed E-state index contributed by atoms with van der Waals surface area (Å²) in [6, 6.07) is 6.16. The molecule has 1 spiro atoms. The van der Waals surface area contributed by atoms with Crippen LogP contribution in [0.25, 0.3) is 0 Å². The first-order chi connectivity index (χ1) is 17.9. The molecule has 0 aliphatic carbocycles. The van der Waals surface area contributed by atoms with Crippen LogP contribution in [0.5, 0.6) is 0 Å². The number of esters is 4. The second-order valence-corrected chi connectivity index (χ2v) is 8.79. The van der Waals surface area contributed by atoms with Crippen molar-refractivity contribution in [2.24, 2.45) is 0 Å². The molecule has 0 N–H and O–H groups in total. The largest absolute Gasteiger partial charge is 0.462 e. The van der Waals surface area contributed by atoms with Crippen molar-refractivity contribution < 1.29 is 57.2 Å². The van der Waals surface area contributed by atoms with Crippen LogP contribution in [0.4, 0.5) is 10.5 Å². The van der Waals surface area contributed by atoms with E-state index in [9.17, 15) is 28.8 Å². The Labute approximate surface area is 222 Å². The molecule has 0 bridgehead atoms. The van der Waals surface area contributed by atoms with Crippen molar-refractivity contribution >= 4 is 53.2 Å². The predicted octanol–water partition coefficient (Wildman–Crippen LogP) is 1.75. The Morgan fingerprint density at radius 1 is 1.00 bits per heavy atom. The summed E-state index contributed by atoms with van der Waals surface area (Å²) in [6.07, 6.45) is -7.51. The van der Waals surface area contributed by atoms with Crippen LogP contribution in [-0.4, -0.2) is 72.7 Å². The van der Waals surface area contributed by atoms with E-state index in [2.05, 4.69) is 0 Å². The average molecular weight is 556 g/mol. The van der Waals surface area contributed by atoms with Gasteiger partial charge in [-0.3, -0.25) is 24.0 Å². The van der Waals surface area contributed by atoms with Gasteiger partial charge < -0.3 is 28.4 Å². The molecule has 2 aliphatic heterocycles. The maximum atomic E-state index is 13.7. The summed E-state index contributed by atoms with van der Waals surface area (Å²) in [5.74, 6) is -6.32. The number of amides is 2. The fourth-order valence-corrected chi connectivity index (χ4v) is 4.30. The van der Waals surface area contributed by atoms with Gasteiger partial charge in [0.05, 0.1) is 12.1 Å². The highest BCUT2D eigenvalue weighted by Gasteiger charge is 2.65. The molecule has 0 aromatic heterocycles. The molecular formula is C24H26ClNO12. The molecule has 3 rings (SSSR count). The van der Waals surface area contributed by atoms with Crippen LogP contribution in [-0.2, 0) is 58.3 Å². The number of imide groups is 1. The Kier molecular flexibility index (Phi) is 8.94. The van der Waals surface area contributed by atoms with Gasteiger partial charge in [-0.25, -0.2) is 9.69 Å². The van der Waals surface area contributed by atoms with Crippen LogP contribution in [0.3, 0.4) is 0 Å². The van der Waals surface area contributed by atoms with E-state index in [1.54, 1.807) is 12.1 Å². The van der Waals surface area contributed by atoms with Gasteiger partial charge in [0, 0.05) is 33.6 Å². The van der Waals surface area contributed by atoms with E-state index < -0.39 is 79.1 Å². The number of carbonyl (C=O) groups excluding carboxylic acids is 6. The van der Waals surface area contributed by atoms with Crippen LogP contribution in [0.1, 0.15) is 39.7 Å². The minimum absolute atomic E-state index is 0.147. The summed E-state index contributed by atoms with van der Waals surface area (Å²) >= 11 is 5.81. The van der Waals surface area contributed by atoms with Gasteiger partial charge in [0.25, 0.3) is 0 Å². The number of hydrogen-bond donors (Lipinski definition) is 0. The van der Waals surface area contributed by atoms with Gasteiger partial charge >= 0.3 is 41.7 Å². The number of halogens is 1. The number of carbonyl (C=O) groups is 6. The second kappa shape index (κ2) is 11.8. The lowest BCUT2D eigenvalue weighted by atomic mass is 9.91. The van der Waals surface area contributed by atoms with Crippen molar-refractivity contribution in [1.29, 1.82) is 0 Å². The molecule has 0 unspecified atom stereocenters. The number of nitrogens with zero attached hydrogens (tertiary/aromatic N) is 1. The monoisotopic (exact) mass is 555 g/mol. The third-order valence-corrected chi connectivity index (χ3v) is 5.86. The summed E-state index contributed by atoms with van der Waals surface area (Å²) in [7, 11) is 0. The summed E-state index contributed by atoms with van der Waals surface area (Å²) in [6.45, 7) is 3.75. The van der Waals surface area contributed by atoms with Crippen LogP contribution < -0.4 is 4.90 Å². The van der Waals surface area contributed by atoms with Gasteiger partial charge in [-0.05, 0) is 17.7 Å². The van der Waals surface area contributed by atoms with Gasteiger partial charge in [-0.15, -0.1) is 11.6 Å². The van der Waals surface area contributed by atoms with Gasteiger partial charge in [0.1, 0.15) is 18.8 Å². The fourth-order valence-electron chi connectivity index (χ4n) is 4.12. The molecule has 0 radical (unpaired) electrons. The molecule has 38 heavy (non-hydrogen) atoms. The van der Waals surface area contributed by atoms with Crippen molar-refractivity contribution in [3.63, 3.8) is 0 Å². The molecule has 2 amide bonds. The molecule has 2 fully saturated rings. The zero-order valence-corrected chi connectivity index (χ0v) is 21.7. The van der Waals surface area contributed by atoms with E-state index in [0.717, 1.165) is 38.2 Å². The van der Waals surface area contributed by atoms with Crippen molar-refractivity contribution in [2.45, 2.75) is 70.2 Å². The molecule has 0 saturated carbocycles. The van der Waals surface area contributed by atoms with Crippen molar-refractivity contribution in [1.82, 2.24) is 0 Å². The molecule has 2 aliphatic rings. The average Bonchev–Trinajstić information content (AvgIpc) is 3.06. The Morgan fingerprint density at radius 3 is 2.16 bits per heavy atom. The maximum Gasteiger partial charge on any atom is 0.424 e. The standard InChI is InChI=1S/C24H26ClNO12/c1-12(27)33-11-19(35-14(3)29)21-20(36-15(4)30)18(34-13(2)28)9-24(37-21)22(31)26(23(32)38-24)17-7-5-16(10-25)6-8-17/h5-8,18-21H,9-11H2,1-4H3/t18-,19-,20-,21-,24+/m1/s1. The number of anilines is 1. The smallest absolute Gasteiger partial charge is 0.424 e. The first kappa shape index (κ1) is 28.9. The van der Waals surface area contributed by atoms with E-state index >= 15 is 0 Å². The number of hydrogen-bond acceptors (Lipinski definition) is 12. The van der Waals surface area contributed by atoms with Gasteiger partial charge in [-0.1, -0.05) is 12.1 Å². The Balaban J connectivity index is 2.06. The third-order valence-electron chi connectivity index (χ3n) is 5.55. The van der Waals surface area contributed by atoms with Crippen LogP contribution >= 0.6 is 11.6 Å². The SMILES string of the molecule is CC(=O)OC[C@@H](OC(C)=O)[C@H]1O[C@@]2(C[C@@H](OC(C)=O)[C@H]1OC(C)=O)OC(=O)N(c1ccc(CCl)cc1)C2=O. The maximum absolute atomic E-state index is 13.7. The Hall–Kier alpha value is -3.71. The minimum Gasteiger partial charge on any atom is -0.462 e. The second-order valence-electron chi connectivity index (χ2n) is 8.52. The van der Waals surface area contributed by atoms with E-state index in [1.807, 2.05) is 0 Å². The lowest BCUT2D eigenvalue weighted by Gasteiger charge is -2.44. The van der Waals surface area contributed by atoms with Crippen LogP contribution in [0.15, 0.2) is 24.3 Å². The third kappa shape index (κ3) is 6.40. The molecule has 1 aromatic carbocycles. The molecule has 1 aromatic rings. The van der Waals surface area contributed by atoms with Crippen molar-refractivity contribution in [3.8, 4) is 0 Å². The molecule has 2 heterocycles. The first-order valence-corrected chi connectivity index (χ1v) is 12.0. The lowest BCUT2D eigenvalue weighted by molar-refractivity contribution is -0.297. The number of rotatable bonds is 8. The normalized spacial score (nSPS) is 25.4. The van der Waals surface area contributed by atoms with E-state index in [4.69, 9.17) is 40.0 Å². The zero-order valence-electron chi connectivity index (χ0n) is 21.0. The highest BCUT2D eigenvalue weighted by molar-refractivity contribution is 6.19. The number of benzene rings is 1. The summed E-state index contributed by atoms with van der Waals surface area (Å²) < 4.78 is 32.3. The van der Waals surface area contributed by atoms with Gasteiger partial charge in [0.2, 0.25) is 0 Å². The topological polar surface area (TPSA) is 161 Å². The van der Waals surface area contributed by atoms with E-state index in [1.165, 1.54) is 12.1 Å². The molecular weight excluding hydrogens is 530 g/mol.